The molecule has 0 bridgehead atoms. The molecule has 2 atom stereocenters. The average molecular weight is 621 g/mol. The van der Waals surface area contributed by atoms with Crippen LogP contribution in [0.4, 0.5) is 0 Å². The summed E-state index contributed by atoms with van der Waals surface area (Å²) in [5.41, 5.74) is 2.41. The first-order valence-corrected chi connectivity index (χ1v) is 22.1. The summed E-state index contributed by atoms with van der Waals surface area (Å²) < 4.78 is 13.5. The highest BCUT2D eigenvalue weighted by Gasteiger charge is 2.42. The second kappa shape index (κ2) is 12.9. The summed E-state index contributed by atoms with van der Waals surface area (Å²) >= 11 is 0. The van der Waals surface area contributed by atoms with E-state index < -0.39 is 16.6 Å². The number of benzene rings is 2. The number of nitrogens with one attached hydrogen (secondary N) is 1. The maximum absolute atomic E-state index is 13.1. The van der Waals surface area contributed by atoms with Crippen LogP contribution in [-0.4, -0.2) is 53.1 Å². The molecule has 1 amide bonds. The van der Waals surface area contributed by atoms with E-state index in [4.69, 9.17) is 8.85 Å². The molecule has 5 nitrogen and oxygen atoms in total. The molecule has 43 heavy (non-hydrogen) atoms. The topological polar surface area (TPSA) is 50.8 Å². The fraction of sp³-hybridized carbons (Fsp3) is 0.583. The smallest absolute Gasteiger partial charge is 0.250 e. The van der Waals surface area contributed by atoms with E-state index in [1.54, 1.807) is 6.08 Å². The standard InChI is InChI=1S/C36H56N2O3Si2/c1-35(2,3)42(7,8)40-32-18-16-27(24-33(32)41-43(9,10)36(4,5)6)17-19-34(39)38-22-20-28(21-23-38)26-37-31-25-30(31)29-14-12-11-13-15-29/h11-19,24,28,30-31,37H,20-23,25-26H2,1-10H3/b19-17+/t30-,31+/m0/s1. The zero-order valence-electron chi connectivity index (χ0n) is 28.4. The van der Waals surface area contributed by atoms with Gasteiger partial charge in [0.1, 0.15) is 11.5 Å². The molecule has 1 heterocycles. The van der Waals surface area contributed by atoms with Crippen LogP contribution in [0.25, 0.3) is 6.08 Å². The number of amides is 1. The van der Waals surface area contributed by atoms with Crippen molar-refractivity contribution in [2.75, 3.05) is 19.6 Å². The Hall–Kier alpha value is -2.36. The summed E-state index contributed by atoms with van der Waals surface area (Å²) in [6.07, 6.45) is 7.01. The Kier molecular flexibility index (Phi) is 10.1. The van der Waals surface area contributed by atoms with Crippen molar-refractivity contribution < 1.29 is 13.6 Å². The van der Waals surface area contributed by atoms with Gasteiger partial charge in [-0.1, -0.05) is 77.9 Å². The minimum atomic E-state index is -2.10. The molecular weight excluding hydrogens is 565 g/mol. The van der Waals surface area contributed by atoms with Crippen LogP contribution in [0.5, 0.6) is 11.5 Å². The number of likely N-dealkylation sites (tertiary alicyclic amines) is 1. The summed E-state index contributed by atoms with van der Waals surface area (Å²) in [6.45, 7) is 25.3. The van der Waals surface area contributed by atoms with Gasteiger partial charge in [-0.2, -0.15) is 0 Å². The maximum atomic E-state index is 13.1. The van der Waals surface area contributed by atoms with Crippen molar-refractivity contribution in [1.82, 2.24) is 10.2 Å². The summed E-state index contributed by atoms with van der Waals surface area (Å²) in [6, 6.07) is 17.6. The van der Waals surface area contributed by atoms with Gasteiger partial charge >= 0.3 is 0 Å². The number of rotatable bonds is 10. The molecule has 2 fully saturated rings. The minimum absolute atomic E-state index is 0.0625. The monoisotopic (exact) mass is 620 g/mol. The highest BCUT2D eigenvalue weighted by atomic mass is 28.4. The van der Waals surface area contributed by atoms with E-state index in [0.717, 1.165) is 49.5 Å². The van der Waals surface area contributed by atoms with Gasteiger partial charge in [0.25, 0.3) is 16.6 Å². The van der Waals surface area contributed by atoms with E-state index in [1.807, 2.05) is 23.1 Å². The number of carbonyl (C=O) groups is 1. The molecule has 7 heteroatoms. The van der Waals surface area contributed by atoms with E-state index in [2.05, 4.69) is 109 Å². The molecule has 1 saturated heterocycles. The Labute approximate surface area is 263 Å². The number of piperidine rings is 1. The molecular formula is C36H56N2O3Si2. The molecule has 0 radical (unpaired) electrons. The van der Waals surface area contributed by atoms with Gasteiger partial charge in [-0.3, -0.25) is 4.79 Å². The highest BCUT2D eigenvalue weighted by Crippen LogP contribution is 2.44. The zero-order chi connectivity index (χ0) is 31.6. The molecule has 2 aromatic rings. The first-order valence-electron chi connectivity index (χ1n) is 16.2. The Bertz CT molecular complexity index is 1270. The Balaban J connectivity index is 1.35. The van der Waals surface area contributed by atoms with E-state index in [1.165, 1.54) is 12.0 Å². The number of carbonyl (C=O) groups excluding carboxylic acids is 1. The van der Waals surface area contributed by atoms with Gasteiger partial charge < -0.3 is 19.1 Å². The molecule has 0 spiro atoms. The van der Waals surface area contributed by atoms with E-state index in [9.17, 15) is 4.79 Å². The summed E-state index contributed by atoms with van der Waals surface area (Å²) in [5, 5.41) is 3.93. The lowest BCUT2D eigenvalue weighted by Crippen LogP contribution is -2.45. The Morgan fingerprint density at radius 1 is 0.884 bits per heavy atom. The summed E-state index contributed by atoms with van der Waals surface area (Å²) in [7, 11) is -4.16. The fourth-order valence-electron chi connectivity index (χ4n) is 5.09. The largest absolute Gasteiger partial charge is 0.541 e. The first-order chi connectivity index (χ1) is 20.0. The molecule has 236 valence electrons. The number of nitrogens with zero attached hydrogens (tertiary/aromatic N) is 1. The number of hydrogen-bond acceptors (Lipinski definition) is 4. The Morgan fingerprint density at radius 3 is 2.05 bits per heavy atom. The van der Waals surface area contributed by atoms with E-state index >= 15 is 0 Å². The van der Waals surface area contributed by atoms with Crippen molar-refractivity contribution in [3.05, 3.63) is 65.7 Å². The highest BCUT2D eigenvalue weighted by molar-refractivity contribution is 6.75. The van der Waals surface area contributed by atoms with E-state index in [-0.39, 0.29) is 16.0 Å². The summed E-state index contributed by atoms with van der Waals surface area (Å²) in [5.74, 6) is 2.99. The number of hydrogen-bond donors (Lipinski definition) is 1. The van der Waals surface area contributed by atoms with Crippen LogP contribution in [0.1, 0.15) is 77.8 Å². The third kappa shape index (κ3) is 8.64. The van der Waals surface area contributed by atoms with Gasteiger partial charge in [-0.25, -0.2) is 0 Å². The predicted molar refractivity (Wildman–Crippen MR) is 186 cm³/mol. The van der Waals surface area contributed by atoms with E-state index in [0.29, 0.717) is 17.9 Å². The molecule has 1 N–H and O–H groups in total. The zero-order valence-corrected chi connectivity index (χ0v) is 30.4. The maximum Gasteiger partial charge on any atom is 0.250 e. The summed E-state index contributed by atoms with van der Waals surface area (Å²) in [4.78, 5) is 15.1. The van der Waals surface area contributed by atoms with Gasteiger partial charge in [0, 0.05) is 31.1 Å². The molecule has 1 aliphatic heterocycles. The predicted octanol–water partition coefficient (Wildman–Crippen LogP) is 8.85. The molecule has 1 aliphatic carbocycles. The van der Waals surface area contributed by atoms with Crippen LogP contribution >= 0.6 is 0 Å². The molecule has 1 saturated carbocycles. The second-order valence-corrected chi connectivity index (χ2v) is 25.3. The van der Waals surface area contributed by atoms with Crippen molar-refractivity contribution in [3.8, 4) is 11.5 Å². The quantitative estimate of drug-likeness (QED) is 0.213. The van der Waals surface area contributed by atoms with Crippen molar-refractivity contribution in [1.29, 1.82) is 0 Å². The minimum Gasteiger partial charge on any atom is -0.541 e. The van der Waals surface area contributed by atoms with Crippen molar-refractivity contribution >= 4 is 28.6 Å². The normalized spacial score (nSPS) is 20.4. The van der Waals surface area contributed by atoms with Crippen LogP contribution in [0.2, 0.25) is 36.3 Å². The van der Waals surface area contributed by atoms with Gasteiger partial charge in [-0.05, 0) is 97.3 Å². The lowest BCUT2D eigenvalue weighted by Gasteiger charge is -2.39. The molecule has 2 aromatic carbocycles. The van der Waals surface area contributed by atoms with Crippen LogP contribution < -0.4 is 14.2 Å². The lowest BCUT2D eigenvalue weighted by molar-refractivity contribution is -0.127. The molecule has 0 aromatic heterocycles. The lowest BCUT2D eigenvalue weighted by atomic mass is 9.96. The van der Waals surface area contributed by atoms with Gasteiger partial charge in [-0.15, -0.1) is 0 Å². The van der Waals surface area contributed by atoms with Gasteiger partial charge in [0.15, 0.2) is 0 Å². The van der Waals surface area contributed by atoms with Crippen LogP contribution in [-0.2, 0) is 4.79 Å². The van der Waals surface area contributed by atoms with Crippen LogP contribution in [0.3, 0.4) is 0 Å². The van der Waals surface area contributed by atoms with Gasteiger partial charge in [0.2, 0.25) is 5.91 Å². The molecule has 4 rings (SSSR count). The first kappa shape index (κ1) is 33.5. The second-order valence-electron chi connectivity index (χ2n) is 15.8. The van der Waals surface area contributed by atoms with Crippen LogP contribution in [0.15, 0.2) is 54.6 Å². The Morgan fingerprint density at radius 2 is 1.47 bits per heavy atom. The van der Waals surface area contributed by atoms with Crippen molar-refractivity contribution in [2.24, 2.45) is 5.92 Å². The SMILES string of the molecule is CC(C)(C)[Si](C)(C)Oc1ccc(/C=C/C(=O)N2CCC(CN[C@@H]3C[C@H]3c3ccccc3)CC2)cc1O[Si](C)(C)C(C)(C)C. The molecule has 2 aliphatic rings. The molecule has 0 unspecified atom stereocenters. The fourth-order valence-corrected chi connectivity index (χ4v) is 7.13. The van der Waals surface area contributed by atoms with Crippen molar-refractivity contribution in [2.45, 2.75) is 109 Å². The third-order valence-corrected chi connectivity index (χ3v) is 19.0. The average Bonchev–Trinajstić information content (AvgIpc) is 3.71. The van der Waals surface area contributed by atoms with Crippen LogP contribution in [0, 0.1) is 5.92 Å². The third-order valence-electron chi connectivity index (χ3n) is 10.3. The van der Waals surface area contributed by atoms with Crippen molar-refractivity contribution in [3.63, 3.8) is 0 Å². The van der Waals surface area contributed by atoms with Gasteiger partial charge in [0.05, 0.1) is 0 Å².